The van der Waals surface area contributed by atoms with Gasteiger partial charge in [-0.15, -0.1) is 0 Å². The smallest absolute Gasteiger partial charge is 0.261 e. The standard InChI is InChI=1S/C26H29FN2O3/c1-18(2)15-28-26(31)19(3)29(16-21-10-5-7-13-23(21)27)25(30)17-32-24-14-8-11-20-9-4-6-12-22(20)24/h4-14,18-19H,15-17H2,1-3H3,(H,28,31)/t19-/m1/s1. The number of benzene rings is 3. The van der Waals surface area contributed by atoms with Crippen LogP contribution in [0.4, 0.5) is 4.39 Å². The molecule has 0 fully saturated rings. The fourth-order valence-corrected chi connectivity index (χ4v) is 3.39. The Labute approximate surface area is 188 Å². The summed E-state index contributed by atoms with van der Waals surface area (Å²) in [5.41, 5.74) is 0.342. The molecule has 0 aliphatic heterocycles. The fourth-order valence-electron chi connectivity index (χ4n) is 3.39. The first kappa shape index (κ1) is 23.3. The average Bonchev–Trinajstić information content (AvgIpc) is 2.80. The van der Waals surface area contributed by atoms with Gasteiger partial charge >= 0.3 is 0 Å². The quantitative estimate of drug-likeness (QED) is 0.536. The number of halogens is 1. The van der Waals surface area contributed by atoms with Gasteiger partial charge in [-0.2, -0.15) is 0 Å². The lowest BCUT2D eigenvalue weighted by Gasteiger charge is -2.29. The molecule has 1 N–H and O–H groups in total. The lowest BCUT2D eigenvalue weighted by Crippen LogP contribution is -2.49. The minimum Gasteiger partial charge on any atom is -0.483 e. The first-order valence-electron chi connectivity index (χ1n) is 10.8. The van der Waals surface area contributed by atoms with Crippen LogP contribution < -0.4 is 10.1 Å². The van der Waals surface area contributed by atoms with Crippen LogP contribution in [0.3, 0.4) is 0 Å². The van der Waals surface area contributed by atoms with Gasteiger partial charge in [0, 0.05) is 24.0 Å². The van der Waals surface area contributed by atoms with E-state index >= 15 is 0 Å². The molecule has 6 heteroatoms. The van der Waals surface area contributed by atoms with Crippen molar-refractivity contribution in [3.05, 3.63) is 78.1 Å². The van der Waals surface area contributed by atoms with E-state index in [2.05, 4.69) is 5.32 Å². The SMILES string of the molecule is CC(C)CNC(=O)[C@@H](C)N(Cc1ccccc1F)C(=O)COc1cccc2ccccc12. The van der Waals surface area contributed by atoms with E-state index in [1.165, 1.54) is 11.0 Å². The molecule has 1 atom stereocenters. The number of rotatable bonds is 9. The maximum absolute atomic E-state index is 14.3. The maximum Gasteiger partial charge on any atom is 0.261 e. The third-order valence-corrected chi connectivity index (χ3v) is 5.25. The van der Waals surface area contributed by atoms with Crippen LogP contribution in [0.1, 0.15) is 26.3 Å². The molecule has 0 saturated carbocycles. The Morgan fingerprint density at radius 3 is 2.41 bits per heavy atom. The van der Waals surface area contributed by atoms with Gasteiger partial charge in [0.2, 0.25) is 5.91 Å². The second-order valence-corrected chi connectivity index (χ2v) is 8.19. The molecule has 0 aliphatic rings. The summed E-state index contributed by atoms with van der Waals surface area (Å²) in [6.45, 7) is 5.84. The predicted octanol–water partition coefficient (Wildman–Crippen LogP) is 4.55. The minimum atomic E-state index is -0.781. The number of hydrogen-bond acceptors (Lipinski definition) is 3. The number of carbonyl (C=O) groups is 2. The molecule has 168 valence electrons. The lowest BCUT2D eigenvalue weighted by molar-refractivity contribution is -0.142. The van der Waals surface area contributed by atoms with E-state index in [0.717, 1.165) is 10.8 Å². The summed E-state index contributed by atoms with van der Waals surface area (Å²) in [4.78, 5) is 27.2. The number of ether oxygens (including phenoxy) is 1. The fraction of sp³-hybridized carbons (Fsp3) is 0.308. The van der Waals surface area contributed by atoms with Crippen molar-refractivity contribution in [3.8, 4) is 5.75 Å². The molecule has 0 radical (unpaired) electrons. The largest absolute Gasteiger partial charge is 0.483 e. The molecule has 0 heterocycles. The third-order valence-electron chi connectivity index (χ3n) is 5.25. The second kappa shape index (κ2) is 10.8. The number of fused-ring (bicyclic) bond motifs is 1. The van der Waals surface area contributed by atoms with Crippen LogP contribution in [-0.4, -0.2) is 35.9 Å². The van der Waals surface area contributed by atoms with Gasteiger partial charge in [-0.25, -0.2) is 4.39 Å². The Hall–Kier alpha value is -3.41. The molecule has 5 nitrogen and oxygen atoms in total. The predicted molar refractivity (Wildman–Crippen MR) is 124 cm³/mol. The zero-order chi connectivity index (χ0) is 23.1. The molecule has 0 saturated heterocycles. The Morgan fingerprint density at radius 1 is 0.969 bits per heavy atom. The molecule has 3 rings (SSSR count). The Balaban J connectivity index is 1.78. The van der Waals surface area contributed by atoms with E-state index in [1.807, 2.05) is 50.2 Å². The molecule has 0 aromatic heterocycles. The highest BCUT2D eigenvalue weighted by Crippen LogP contribution is 2.25. The van der Waals surface area contributed by atoms with Gasteiger partial charge in [-0.05, 0) is 30.4 Å². The normalized spacial score (nSPS) is 11.9. The molecule has 3 aromatic carbocycles. The Kier molecular flexibility index (Phi) is 7.82. The summed E-state index contributed by atoms with van der Waals surface area (Å²) in [6, 6.07) is 18.8. The van der Waals surface area contributed by atoms with Crippen LogP contribution >= 0.6 is 0 Å². The second-order valence-electron chi connectivity index (χ2n) is 8.19. The highest BCUT2D eigenvalue weighted by molar-refractivity contribution is 5.90. The van der Waals surface area contributed by atoms with Crippen LogP contribution in [0.5, 0.6) is 5.75 Å². The van der Waals surface area contributed by atoms with Crippen molar-refractivity contribution in [3.63, 3.8) is 0 Å². The summed E-state index contributed by atoms with van der Waals surface area (Å²) in [6.07, 6.45) is 0. The van der Waals surface area contributed by atoms with E-state index in [4.69, 9.17) is 4.74 Å². The average molecular weight is 437 g/mol. The van der Waals surface area contributed by atoms with E-state index in [9.17, 15) is 14.0 Å². The minimum absolute atomic E-state index is 0.0271. The molecule has 32 heavy (non-hydrogen) atoms. The molecule has 3 aromatic rings. The highest BCUT2D eigenvalue weighted by Gasteiger charge is 2.27. The van der Waals surface area contributed by atoms with Gasteiger partial charge in [-0.1, -0.05) is 68.4 Å². The number of hydrogen-bond donors (Lipinski definition) is 1. The Bertz CT molecular complexity index is 1080. The number of carbonyl (C=O) groups excluding carboxylic acids is 2. The van der Waals surface area contributed by atoms with Crippen LogP contribution in [0.15, 0.2) is 66.7 Å². The third kappa shape index (κ3) is 5.84. The van der Waals surface area contributed by atoms with Crippen LogP contribution in [0.2, 0.25) is 0 Å². The van der Waals surface area contributed by atoms with Crippen LogP contribution in [0, 0.1) is 11.7 Å². The topological polar surface area (TPSA) is 58.6 Å². The van der Waals surface area contributed by atoms with Gasteiger partial charge in [-0.3, -0.25) is 9.59 Å². The zero-order valence-electron chi connectivity index (χ0n) is 18.7. The molecule has 2 amide bonds. The first-order valence-corrected chi connectivity index (χ1v) is 10.8. The van der Waals surface area contributed by atoms with Crippen molar-refractivity contribution >= 4 is 22.6 Å². The lowest BCUT2D eigenvalue weighted by atomic mass is 10.1. The first-order chi connectivity index (χ1) is 15.4. The van der Waals surface area contributed by atoms with Gasteiger partial charge in [0.15, 0.2) is 6.61 Å². The van der Waals surface area contributed by atoms with Crippen LogP contribution in [-0.2, 0) is 16.1 Å². The molecule has 0 aliphatic carbocycles. The maximum atomic E-state index is 14.3. The summed E-state index contributed by atoms with van der Waals surface area (Å²) >= 11 is 0. The Morgan fingerprint density at radius 2 is 1.66 bits per heavy atom. The van der Waals surface area contributed by atoms with Gasteiger partial charge in [0.1, 0.15) is 17.6 Å². The van der Waals surface area contributed by atoms with Gasteiger partial charge in [0.25, 0.3) is 5.91 Å². The molecular formula is C26H29FN2O3. The van der Waals surface area contributed by atoms with Gasteiger partial charge < -0.3 is 15.0 Å². The summed E-state index contributed by atoms with van der Waals surface area (Å²) in [7, 11) is 0. The zero-order valence-corrected chi connectivity index (χ0v) is 18.7. The van der Waals surface area contributed by atoms with Crippen molar-refractivity contribution in [2.45, 2.75) is 33.4 Å². The van der Waals surface area contributed by atoms with Crippen molar-refractivity contribution in [1.29, 1.82) is 0 Å². The molecule has 0 bridgehead atoms. The highest BCUT2D eigenvalue weighted by atomic mass is 19.1. The van der Waals surface area contributed by atoms with Crippen LogP contribution in [0.25, 0.3) is 10.8 Å². The van der Waals surface area contributed by atoms with Crippen molar-refractivity contribution < 1.29 is 18.7 Å². The van der Waals surface area contributed by atoms with Gasteiger partial charge in [0.05, 0.1) is 0 Å². The monoisotopic (exact) mass is 436 g/mol. The van der Waals surface area contributed by atoms with Crippen molar-refractivity contribution in [2.24, 2.45) is 5.92 Å². The number of nitrogens with zero attached hydrogens (tertiary/aromatic N) is 1. The van der Waals surface area contributed by atoms with E-state index in [-0.39, 0.29) is 25.0 Å². The molecule has 0 unspecified atom stereocenters. The number of amides is 2. The summed E-state index contributed by atoms with van der Waals surface area (Å²) < 4.78 is 20.1. The molecule has 0 spiro atoms. The number of nitrogens with one attached hydrogen (secondary N) is 1. The van der Waals surface area contributed by atoms with E-state index in [1.54, 1.807) is 31.2 Å². The molecular weight excluding hydrogens is 407 g/mol. The van der Waals surface area contributed by atoms with Crippen molar-refractivity contribution in [1.82, 2.24) is 10.2 Å². The van der Waals surface area contributed by atoms with E-state index in [0.29, 0.717) is 17.9 Å². The van der Waals surface area contributed by atoms with E-state index < -0.39 is 17.8 Å². The summed E-state index contributed by atoms with van der Waals surface area (Å²) in [5, 5.41) is 4.74. The van der Waals surface area contributed by atoms with Crippen molar-refractivity contribution in [2.75, 3.05) is 13.2 Å². The summed E-state index contributed by atoms with van der Waals surface area (Å²) in [5.74, 6) is -0.243.